The smallest absolute Gasteiger partial charge is 0.254 e. The number of halogens is 2. The maximum atomic E-state index is 13.0. The fraction of sp³-hybridized carbons (Fsp3) is 0.500. The monoisotopic (exact) mass is 377 g/mol. The zero-order chi connectivity index (χ0) is 14.0. The van der Waals surface area contributed by atoms with Crippen molar-refractivity contribution in [1.29, 1.82) is 0 Å². The van der Waals surface area contributed by atoms with Gasteiger partial charge in [0.2, 0.25) is 0 Å². The van der Waals surface area contributed by atoms with Gasteiger partial charge in [-0.15, -0.1) is 0 Å². The van der Waals surface area contributed by atoms with E-state index >= 15 is 0 Å². The van der Waals surface area contributed by atoms with Gasteiger partial charge in [-0.05, 0) is 53.6 Å². The lowest BCUT2D eigenvalue weighted by molar-refractivity contribution is 0.0156. The molecule has 0 heterocycles. The van der Waals surface area contributed by atoms with Crippen molar-refractivity contribution >= 4 is 28.5 Å². The van der Waals surface area contributed by atoms with E-state index < -0.39 is 5.60 Å². The maximum absolute atomic E-state index is 13.0. The lowest BCUT2D eigenvalue weighted by Gasteiger charge is -2.28. The molecule has 0 unspecified atom stereocenters. The lowest BCUT2D eigenvalue weighted by atomic mass is 10.0. The number of aliphatic hydroxyl groups is 1. The van der Waals surface area contributed by atoms with Gasteiger partial charge in [-0.3, -0.25) is 4.79 Å². The maximum Gasteiger partial charge on any atom is 0.254 e. The molecule has 1 N–H and O–H groups in total. The average Bonchev–Trinajstić information content (AvgIpc) is 2.75. The van der Waals surface area contributed by atoms with Gasteiger partial charge in [0.1, 0.15) is 5.82 Å². The minimum Gasteiger partial charge on any atom is -0.388 e. The molecule has 104 valence electrons. The van der Waals surface area contributed by atoms with Crippen LogP contribution in [-0.4, -0.2) is 35.1 Å². The molecule has 0 spiro atoms. The van der Waals surface area contributed by atoms with Crippen LogP contribution in [0.15, 0.2) is 18.2 Å². The highest BCUT2D eigenvalue weighted by atomic mass is 127. The van der Waals surface area contributed by atoms with Gasteiger partial charge in [-0.2, -0.15) is 0 Å². The molecule has 1 saturated carbocycles. The number of benzene rings is 1. The minimum atomic E-state index is -0.754. The second-order valence-corrected chi connectivity index (χ2v) is 6.38. The van der Waals surface area contributed by atoms with Gasteiger partial charge in [-0.25, -0.2) is 4.39 Å². The molecule has 1 amide bonds. The molecule has 5 heteroatoms. The highest BCUT2D eigenvalue weighted by Crippen LogP contribution is 2.30. The van der Waals surface area contributed by atoms with Crippen LogP contribution >= 0.6 is 22.6 Å². The van der Waals surface area contributed by atoms with Crippen molar-refractivity contribution in [3.63, 3.8) is 0 Å². The van der Waals surface area contributed by atoms with E-state index in [4.69, 9.17) is 0 Å². The summed E-state index contributed by atoms with van der Waals surface area (Å²) in [6, 6.07) is 4.12. The van der Waals surface area contributed by atoms with Crippen molar-refractivity contribution in [2.75, 3.05) is 13.6 Å². The van der Waals surface area contributed by atoms with E-state index in [-0.39, 0.29) is 11.7 Å². The Labute approximate surface area is 125 Å². The summed E-state index contributed by atoms with van der Waals surface area (Å²) < 4.78 is 13.6. The second kappa shape index (κ2) is 5.75. The molecule has 1 aromatic carbocycles. The van der Waals surface area contributed by atoms with E-state index in [1.807, 2.05) is 22.6 Å². The molecule has 0 bridgehead atoms. The standard InChI is InChI=1S/C14H17FINO2/c1-17(9-14(19)6-2-3-7-14)13(18)11-5-4-10(15)8-12(11)16/h4-5,8,19H,2-3,6-7,9H2,1H3. The van der Waals surface area contributed by atoms with Crippen LogP contribution in [0.4, 0.5) is 4.39 Å². The van der Waals surface area contributed by atoms with Crippen LogP contribution in [0.25, 0.3) is 0 Å². The van der Waals surface area contributed by atoms with Crippen molar-refractivity contribution in [1.82, 2.24) is 4.90 Å². The summed E-state index contributed by atoms with van der Waals surface area (Å²) in [5.74, 6) is -0.525. The van der Waals surface area contributed by atoms with Crippen molar-refractivity contribution < 1.29 is 14.3 Å². The average molecular weight is 377 g/mol. The molecule has 0 aromatic heterocycles. The number of hydrogen-bond donors (Lipinski definition) is 1. The van der Waals surface area contributed by atoms with Crippen LogP contribution < -0.4 is 0 Å². The third kappa shape index (κ3) is 3.45. The molecule has 1 aromatic rings. The predicted octanol–water partition coefficient (Wildman–Crippen LogP) is 2.81. The predicted molar refractivity (Wildman–Crippen MR) is 79.5 cm³/mol. The van der Waals surface area contributed by atoms with Crippen molar-refractivity contribution in [2.45, 2.75) is 31.3 Å². The van der Waals surface area contributed by atoms with Gasteiger partial charge in [-0.1, -0.05) is 12.8 Å². The van der Waals surface area contributed by atoms with E-state index in [0.29, 0.717) is 15.7 Å². The molecule has 3 nitrogen and oxygen atoms in total. The van der Waals surface area contributed by atoms with Crippen LogP contribution in [-0.2, 0) is 0 Å². The zero-order valence-electron chi connectivity index (χ0n) is 10.8. The zero-order valence-corrected chi connectivity index (χ0v) is 13.0. The normalized spacial score (nSPS) is 17.5. The summed E-state index contributed by atoms with van der Waals surface area (Å²) in [6.45, 7) is 0.333. The van der Waals surface area contributed by atoms with Crippen LogP contribution in [0.5, 0.6) is 0 Å². The van der Waals surface area contributed by atoms with Gasteiger partial charge in [0.25, 0.3) is 5.91 Å². The van der Waals surface area contributed by atoms with Crippen molar-refractivity contribution in [3.05, 3.63) is 33.1 Å². The van der Waals surface area contributed by atoms with E-state index in [1.54, 1.807) is 7.05 Å². The van der Waals surface area contributed by atoms with Crippen LogP contribution in [0.1, 0.15) is 36.0 Å². The van der Waals surface area contributed by atoms with Crippen molar-refractivity contribution in [2.24, 2.45) is 0 Å². The first-order valence-electron chi connectivity index (χ1n) is 6.34. The first-order chi connectivity index (χ1) is 8.91. The van der Waals surface area contributed by atoms with E-state index in [1.165, 1.54) is 23.1 Å². The first-order valence-corrected chi connectivity index (χ1v) is 7.42. The number of carbonyl (C=O) groups is 1. The Morgan fingerprint density at radius 3 is 2.68 bits per heavy atom. The summed E-state index contributed by atoms with van der Waals surface area (Å²) in [4.78, 5) is 13.8. The number of amides is 1. The Morgan fingerprint density at radius 1 is 1.47 bits per heavy atom. The molecule has 1 aliphatic rings. The molecular weight excluding hydrogens is 360 g/mol. The molecule has 1 fully saturated rings. The number of rotatable bonds is 3. The van der Waals surface area contributed by atoms with E-state index in [9.17, 15) is 14.3 Å². The van der Waals surface area contributed by atoms with Crippen LogP contribution in [0.2, 0.25) is 0 Å². The number of hydrogen-bond acceptors (Lipinski definition) is 2. The van der Waals surface area contributed by atoms with Crippen LogP contribution in [0, 0.1) is 9.39 Å². The molecule has 0 atom stereocenters. The largest absolute Gasteiger partial charge is 0.388 e. The summed E-state index contributed by atoms with van der Waals surface area (Å²) in [7, 11) is 1.68. The summed E-state index contributed by atoms with van der Waals surface area (Å²) in [5.41, 5.74) is -0.276. The van der Waals surface area contributed by atoms with Gasteiger partial charge in [0, 0.05) is 17.2 Å². The molecular formula is C14H17FINO2. The van der Waals surface area contributed by atoms with Crippen molar-refractivity contribution in [3.8, 4) is 0 Å². The minimum absolute atomic E-state index is 0.176. The fourth-order valence-electron chi connectivity index (χ4n) is 2.57. The molecule has 1 aliphatic carbocycles. The molecule has 0 radical (unpaired) electrons. The Morgan fingerprint density at radius 2 is 2.11 bits per heavy atom. The van der Waals surface area contributed by atoms with E-state index in [0.717, 1.165) is 25.7 Å². The van der Waals surface area contributed by atoms with Gasteiger partial charge < -0.3 is 10.0 Å². The lowest BCUT2D eigenvalue weighted by Crippen LogP contribution is -2.42. The second-order valence-electron chi connectivity index (χ2n) is 5.22. The number of likely N-dealkylation sites (N-methyl/N-ethyl adjacent to an activating group) is 1. The highest BCUT2D eigenvalue weighted by Gasteiger charge is 2.33. The molecule has 19 heavy (non-hydrogen) atoms. The topological polar surface area (TPSA) is 40.5 Å². The van der Waals surface area contributed by atoms with Crippen LogP contribution in [0.3, 0.4) is 0 Å². The van der Waals surface area contributed by atoms with Gasteiger partial charge in [0.05, 0.1) is 11.2 Å². The third-order valence-corrected chi connectivity index (χ3v) is 4.47. The summed E-state index contributed by atoms with van der Waals surface area (Å²) >= 11 is 1.95. The quantitative estimate of drug-likeness (QED) is 0.824. The summed E-state index contributed by atoms with van der Waals surface area (Å²) in [5, 5.41) is 10.3. The number of carbonyl (C=O) groups excluding carboxylic acids is 1. The Hall–Kier alpha value is -0.690. The number of nitrogens with zero attached hydrogens (tertiary/aromatic N) is 1. The first kappa shape index (κ1) is 14.7. The third-order valence-electron chi connectivity index (χ3n) is 3.57. The Bertz CT molecular complexity index is 486. The highest BCUT2D eigenvalue weighted by molar-refractivity contribution is 14.1. The summed E-state index contributed by atoms with van der Waals surface area (Å²) in [6.07, 6.45) is 3.50. The van der Waals surface area contributed by atoms with E-state index in [2.05, 4.69) is 0 Å². The molecule has 0 aliphatic heterocycles. The van der Waals surface area contributed by atoms with Gasteiger partial charge >= 0.3 is 0 Å². The molecule has 2 rings (SSSR count). The Balaban J connectivity index is 2.10. The fourth-order valence-corrected chi connectivity index (χ4v) is 3.28. The van der Waals surface area contributed by atoms with Gasteiger partial charge in [0.15, 0.2) is 0 Å². The Kier molecular flexibility index (Phi) is 4.45. The molecule has 0 saturated heterocycles. The SMILES string of the molecule is CN(CC1(O)CCCC1)C(=O)c1ccc(F)cc1I.